The van der Waals surface area contributed by atoms with Crippen LogP contribution in [0.2, 0.25) is 0 Å². The van der Waals surface area contributed by atoms with E-state index in [1.165, 1.54) is 48.4 Å². The number of quaternary nitrogens is 1. The number of aliphatic hydroxyl groups is 1. The van der Waals surface area contributed by atoms with Crippen molar-refractivity contribution in [1.82, 2.24) is 0 Å². The van der Waals surface area contributed by atoms with E-state index in [4.69, 9.17) is 4.74 Å². The second kappa shape index (κ2) is 9.14. The molecule has 2 N–H and O–H groups in total. The Balaban J connectivity index is 1.67. The van der Waals surface area contributed by atoms with Crippen molar-refractivity contribution >= 4 is 0 Å². The number of benzene rings is 2. The highest BCUT2D eigenvalue weighted by Crippen LogP contribution is 2.28. The third-order valence-electron chi connectivity index (χ3n) is 5.11. The van der Waals surface area contributed by atoms with Crippen LogP contribution in [0.25, 0.3) is 0 Å². The van der Waals surface area contributed by atoms with E-state index in [0.717, 1.165) is 12.1 Å². The first kappa shape index (κ1) is 18.1. The Morgan fingerprint density at radius 3 is 2.36 bits per heavy atom. The summed E-state index contributed by atoms with van der Waals surface area (Å²) in [5.74, 6) is 0. The van der Waals surface area contributed by atoms with Crippen LogP contribution >= 0.6 is 0 Å². The van der Waals surface area contributed by atoms with Crippen molar-refractivity contribution in [2.24, 2.45) is 0 Å². The van der Waals surface area contributed by atoms with Crippen molar-refractivity contribution in [3.8, 4) is 0 Å². The average molecular weight is 340 g/mol. The lowest BCUT2D eigenvalue weighted by Gasteiger charge is -2.27. The van der Waals surface area contributed by atoms with Gasteiger partial charge in [0.25, 0.3) is 0 Å². The van der Waals surface area contributed by atoms with Gasteiger partial charge in [-0.1, -0.05) is 54.6 Å². The van der Waals surface area contributed by atoms with E-state index < -0.39 is 6.10 Å². The van der Waals surface area contributed by atoms with Gasteiger partial charge in [-0.25, -0.2) is 0 Å². The average Bonchev–Trinajstić information content (AvgIpc) is 2.65. The molecule has 0 bridgehead atoms. The van der Waals surface area contributed by atoms with Crippen LogP contribution in [0.15, 0.2) is 54.6 Å². The number of hydrogen-bond acceptors (Lipinski definition) is 2. The van der Waals surface area contributed by atoms with E-state index in [1.807, 2.05) is 18.2 Å². The van der Waals surface area contributed by atoms with Crippen LogP contribution < -0.4 is 4.90 Å². The van der Waals surface area contributed by atoms with Gasteiger partial charge in [0.15, 0.2) is 0 Å². The summed E-state index contributed by atoms with van der Waals surface area (Å²) >= 11 is 0. The highest BCUT2D eigenvalue weighted by Gasteiger charge is 2.21. The molecule has 2 aromatic carbocycles. The maximum Gasteiger partial charge on any atom is 0.126 e. The Hall–Kier alpha value is -1.68. The van der Waals surface area contributed by atoms with E-state index in [0.29, 0.717) is 6.61 Å². The zero-order valence-electron chi connectivity index (χ0n) is 15.2. The van der Waals surface area contributed by atoms with Crippen molar-refractivity contribution in [3.63, 3.8) is 0 Å². The minimum absolute atomic E-state index is 0.131. The lowest BCUT2D eigenvalue weighted by molar-refractivity contribution is -0.908. The SMILES string of the molecule is Cc1ccccc1[C@@H](OC[C@@H](O)C[NH+]1CCCCC1)c1ccccc1. The summed E-state index contributed by atoms with van der Waals surface area (Å²) in [6.07, 6.45) is 3.34. The molecule has 0 spiro atoms. The summed E-state index contributed by atoms with van der Waals surface area (Å²) in [5, 5.41) is 10.5. The number of rotatable bonds is 7. The van der Waals surface area contributed by atoms with Gasteiger partial charge in [0.1, 0.15) is 18.8 Å². The lowest BCUT2D eigenvalue weighted by Crippen LogP contribution is -3.14. The monoisotopic (exact) mass is 340 g/mol. The van der Waals surface area contributed by atoms with Gasteiger partial charge in [-0.05, 0) is 42.9 Å². The minimum atomic E-state index is -0.414. The van der Waals surface area contributed by atoms with Gasteiger partial charge < -0.3 is 14.7 Å². The van der Waals surface area contributed by atoms with Crippen LogP contribution in [0.1, 0.15) is 42.1 Å². The molecule has 1 aliphatic rings. The quantitative estimate of drug-likeness (QED) is 0.812. The fourth-order valence-electron chi connectivity index (χ4n) is 3.73. The van der Waals surface area contributed by atoms with E-state index in [9.17, 15) is 5.11 Å². The summed E-state index contributed by atoms with van der Waals surface area (Å²) in [5.41, 5.74) is 3.52. The van der Waals surface area contributed by atoms with E-state index in [1.54, 1.807) is 0 Å². The Labute approximate surface area is 151 Å². The predicted molar refractivity (Wildman–Crippen MR) is 101 cm³/mol. The molecular formula is C22H30NO2+. The molecule has 0 aromatic heterocycles. The summed E-state index contributed by atoms with van der Waals surface area (Å²) < 4.78 is 6.24. The number of hydrogen-bond donors (Lipinski definition) is 2. The normalized spacial score (nSPS) is 18.0. The number of aliphatic hydroxyl groups excluding tert-OH is 1. The highest BCUT2D eigenvalue weighted by molar-refractivity contribution is 5.35. The van der Waals surface area contributed by atoms with E-state index in [-0.39, 0.29) is 6.10 Å². The molecule has 1 fully saturated rings. The van der Waals surface area contributed by atoms with Crippen molar-refractivity contribution in [3.05, 3.63) is 71.3 Å². The summed E-state index contributed by atoms with van der Waals surface area (Å²) in [6, 6.07) is 18.6. The number of piperidine rings is 1. The van der Waals surface area contributed by atoms with Gasteiger partial charge in [0.05, 0.1) is 19.7 Å². The van der Waals surface area contributed by atoms with Gasteiger partial charge in [-0.3, -0.25) is 0 Å². The molecule has 0 radical (unpaired) electrons. The zero-order chi connectivity index (χ0) is 17.5. The number of ether oxygens (including phenoxy) is 1. The molecule has 0 amide bonds. The Morgan fingerprint density at radius 1 is 0.960 bits per heavy atom. The number of aryl methyl sites for hydroxylation is 1. The van der Waals surface area contributed by atoms with Gasteiger partial charge in [-0.15, -0.1) is 0 Å². The van der Waals surface area contributed by atoms with Gasteiger partial charge in [0, 0.05) is 0 Å². The molecular weight excluding hydrogens is 310 g/mol. The first-order valence-electron chi connectivity index (χ1n) is 9.48. The molecule has 3 nitrogen and oxygen atoms in total. The summed E-state index contributed by atoms with van der Waals surface area (Å²) in [6.45, 7) is 5.63. The van der Waals surface area contributed by atoms with Crippen molar-refractivity contribution in [2.45, 2.75) is 38.4 Å². The topological polar surface area (TPSA) is 33.9 Å². The second-order valence-corrected chi connectivity index (χ2v) is 7.15. The molecule has 3 rings (SSSR count). The van der Waals surface area contributed by atoms with Gasteiger partial charge in [0.2, 0.25) is 0 Å². The summed E-state index contributed by atoms with van der Waals surface area (Å²) in [4.78, 5) is 1.51. The smallest absolute Gasteiger partial charge is 0.126 e. The van der Waals surface area contributed by atoms with Crippen molar-refractivity contribution in [2.75, 3.05) is 26.2 Å². The van der Waals surface area contributed by atoms with Crippen LogP contribution in [-0.2, 0) is 4.74 Å². The standard InChI is InChI=1S/C22H29NO2/c1-18-10-6-7-13-21(18)22(19-11-4-2-5-12-19)25-17-20(24)16-23-14-8-3-9-15-23/h2,4-7,10-13,20,22,24H,3,8-9,14-17H2,1H3/p+1/t20-,22-/m0/s1. The van der Waals surface area contributed by atoms with E-state index >= 15 is 0 Å². The Kier molecular flexibility index (Phi) is 6.62. The third kappa shape index (κ3) is 5.15. The van der Waals surface area contributed by atoms with Crippen LogP contribution in [0.5, 0.6) is 0 Å². The summed E-state index contributed by atoms with van der Waals surface area (Å²) in [7, 11) is 0. The Morgan fingerprint density at radius 2 is 1.64 bits per heavy atom. The number of nitrogens with one attached hydrogen (secondary N) is 1. The number of likely N-dealkylation sites (tertiary alicyclic amines) is 1. The van der Waals surface area contributed by atoms with Crippen LogP contribution in [0, 0.1) is 6.92 Å². The zero-order valence-corrected chi connectivity index (χ0v) is 15.2. The van der Waals surface area contributed by atoms with E-state index in [2.05, 4.69) is 43.3 Å². The maximum atomic E-state index is 10.5. The Bertz CT molecular complexity index is 637. The van der Waals surface area contributed by atoms with Gasteiger partial charge >= 0.3 is 0 Å². The van der Waals surface area contributed by atoms with Gasteiger partial charge in [-0.2, -0.15) is 0 Å². The van der Waals surface area contributed by atoms with Crippen LogP contribution in [0.4, 0.5) is 0 Å². The fourth-order valence-corrected chi connectivity index (χ4v) is 3.73. The first-order valence-corrected chi connectivity index (χ1v) is 9.48. The van der Waals surface area contributed by atoms with Crippen molar-refractivity contribution < 1.29 is 14.7 Å². The molecule has 2 aromatic rings. The molecule has 0 saturated carbocycles. The molecule has 0 aliphatic carbocycles. The maximum absolute atomic E-state index is 10.5. The molecule has 25 heavy (non-hydrogen) atoms. The molecule has 2 atom stereocenters. The van der Waals surface area contributed by atoms with Crippen LogP contribution in [-0.4, -0.2) is 37.5 Å². The largest absolute Gasteiger partial charge is 0.385 e. The van der Waals surface area contributed by atoms with Crippen LogP contribution in [0.3, 0.4) is 0 Å². The first-order chi connectivity index (χ1) is 12.2. The third-order valence-corrected chi connectivity index (χ3v) is 5.11. The second-order valence-electron chi connectivity index (χ2n) is 7.15. The van der Waals surface area contributed by atoms with Crippen molar-refractivity contribution in [1.29, 1.82) is 0 Å². The molecule has 1 heterocycles. The molecule has 3 heteroatoms. The fraction of sp³-hybridized carbons (Fsp3) is 0.455. The highest BCUT2D eigenvalue weighted by atomic mass is 16.5. The lowest BCUT2D eigenvalue weighted by atomic mass is 9.97. The molecule has 134 valence electrons. The molecule has 1 aliphatic heterocycles. The minimum Gasteiger partial charge on any atom is -0.385 e. The predicted octanol–water partition coefficient (Wildman–Crippen LogP) is 2.53. The molecule has 0 unspecified atom stereocenters. The molecule has 1 saturated heterocycles.